The largest absolute Gasteiger partial charge is 0.495 e. The molecule has 11 nitrogen and oxygen atoms in total. The molecule has 0 aliphatic heterocycles. The summed E-state index contributed by atoms with van der Waals surface area (Å²) in [5.41, 5.74) is 0.0703. The molecule has 36 heavy (non-hydrogen) atoms. The number of nitro groups is 1. The molecule has 0 heterocycles. The normalized spacial score (nSPS) is 11.2. The molecule has 0 bridgehead atoms. The number of nitrogens with one attached hydrogen (secondary N) is 1. The molecular weight excluding hydrogens is 490 g/mol. The third-order valence-corrected chi connectivity index (χ3v) is 5.97. The van der Waals surface area contributed by atoms with Gasteiger partial charge >= 0.3 is 10.1 Å². The lowest BCUT2D eigenvalue weighted by Gasteiger charge is -2.12. The molecule has 3 aromatic rings. The molecule has 0 saturated carbocycles. The lowest BCUT2D eigenvalue weighted by molar-refractivity contribution is -0.385. The number of nitrogens with zero attached hydrogens (tertiary/aromatic N) is 2. The van der Waals surface area contributed by atoms with Gasteiger partial charge in [0, 0.05) is 12.1 Å². The van der Waals surface area contributed by atoms with Crippen LogP contribution in [0.5, 0.6) is 17.2 Å². The summed E-state index contributed by atoms with van der Waals surface area (Å²) in [6, 6.07) is 17.0. The van der Waals surface area contributed by atoms with Gasteiger partial charge in [0.2, 0.25) is 0 Å². The average molecular weight is 509 g/mol. The Balaban J connectivity index is 1.87. The van der Waals surface area contributed by atoms with Crippen molar-refractivity contribution in [2.24, 2.45) is 0 Å². The topological polar surface area (TPSA) is 158 Å². The molecule has 12 heteroatoms. The molecule has 0 atom stereocenters. The fraction of sp³-hybridized carbons (Fsp3) is 0.0833. The minimum Gasteiger partial charge on any atom is -0.495 e. The molecular formula is C24H19N3O8S. The summed E-state index contributed by atoms with van der Waals surface area (Å²) in [5, 5.41) is 23.0. The first-order valence-corrected chi connectivity index (χ1v) is 11.5. The van der Waals surface area contributed by atoms with Crippen molar-refractivity contribution in [3.63, 3.8) is 0 Å². The summed E-state index contributed by atoms with van der Waals surface area (Å²) in [5.74, 6) is -0.482. The highest BCUT2D eigenvalue weighted by molar-refractivity contribution is 7.87. The van der Waals surface area contributed by atoms with Crippen LogP contribution in [0.2, 0.25) is 0 Å². The van der Waals surface area contributed by atoms with Crippen LogP contribution in [0.15, 0.2) is 77.2 Å². The number of benzene rings is 3. The van der Waals surface area contributed by atoms with E-state index in [9.17, 15) is 28.6 Å². The van der Waals surface area contributed by atoms with Gasteiger partial charge in [-0.2, -0.15) is 13.7 Å². The van der Waals surface area contributed by atoms with E-state index in [0.717, 1.165) is 18.2 Å². The number of hydrogen-bond donors (Lipinski definition) is 1. The molecule has 0 radical (unpaired) electrons. The Hall–Kier alpha value is -4.89. The van der Waals surface area contributed by atoms with E-state index in [-0.39, 0.29) is 17.1 Å². The quantitative estimate of drug-likeness (QED) is 0.148. The van der Waals surface area contributed by atoms with Crippen LogP contribution in [0.4, 0.5) is 11.4 Å². The number of para-hydroxylation sites is 2. The fourth-order valence-electron chi connectivity index (χ4n) is 3.01. The van der Waals surface area contributed by atoms with Crippen molar-refractivity contribution in [1.29, 1.82) is 5.26 Å². The first kappa shape index (κ1) is 25.7. The summed E-state index contributed by atoms with van der Waals surface area (Å²) in [6.07, 6.45) is 1.28. The van der Waals surface area contributed by atoms with Crippen molar-refractivity contribution in [3.8, 4) is 23.3 Å². The Bertz CT molecular complexity index is 1490. The number of carbonyl (C=O) groups is 1. The van der Waals surface area contributed by atoms with Gasteiger partial charge < -0.3 is 19.0 Å². The highest BCUT2D eigenvalue weighted by Crippen LogP contribution is 2.32. The zero-order valence-corrected chi connectivity index (χ0v) is 19.8. The Kier molecular flexibility index (Phi) is 7.88. The third kappa shape index (κ3) is 5.96. The van der Waals surface area contributed by atoms with E-state index in [1.165, 1.54) is 44.6 Å². The van der Waals surface area contributed by atoms with Gasteiger partial charge in [0.15, 0.2) is 11.5 Å². The third-order valence-electron chi connectivity index (χ3n) is 4.74. The van der Waals surface area contributed by atoms with Gasteiger partial charge in [-0.25, -0.2) is 0 Å². The van der Waals surface area contributed by atoms with Crippen molar-refractivity contribution in [2.75, 3.05) is 19.5 Å². The van der Waals surface area contributed by atoms with Crippen LogP contribution in [0.3, 0.4) is 0 Å². The summed E-state index contributed by atoms with van der Waals surface area (Å²) in [4.78, 5) is 22.4. The molecule has 0 fully saturated rings. The molecule has 184 valence electrons. The van der Waals surface area contributed by atoms with Crippen LogP contribution >= 0.6 is 0 Å². The number of hydrogen-bond acceptors (Lipinski definition) is 9. The Labute approximate surface area is 206 Å². The Morgan fingerprint density at radius 1 is 1.00 bits per heavy atom. The first-order valence-electron chi connectivity index (χ1n) is 10.1. The van der Waals surface area contributed by atoms with Gasteiger partial charge in [-0.3, -0.25) is 14.9 Å². The second-order valence-corrected chi connectivity index (χ2v) is 8.57. The number of amides is 1. The van der Waals surface area contributed by atoms with E-state index in [1.807, 2.05) is 6.07 Å². The van der Waals surface area contributed by atoms with Crippen LogP contribution in [0.1, 0.15) is 5.56 Å². The van der Waals surface area contributed by atoms with Gasteiger partial charge in [-0.05, 0) is 42.0 Å². The highest BCUT2D eigenvalue weighted by Gasteiger charge is 2.22. The molecule has 1 N–H and O–H groups in total. The maximum absolute atomic E-state index is 12.7. The predicted molar refractivity (Wildman–Crippen MR) is 129 cm³/mol. The molecule has 0 aliphatic rings. The van der Waals surface area contributed by atoms with Gasteiger partial charge in [-0.15, -0.1) is 0 Å². The number of nitro benzene ring substituents is 1. The Morgan fingerprint density at radius 3 is 2.39 bits per heavy atom. The predicted octanol–water partition coefficient (Wildman–Crippen LogP) is 3.93. The van der Waals surface area contributed by atoms with Crippen LogP contribution in [-0.2, 0) is 14.9 Å². The maximum atomic E-state index is 12.7. The minimum atomic E-state index is -4.43. The second-order valence-electron chi connectivity index (χ2n) is 7.03. The minimum absolute atomic E-state index is 0.0137. The van der Waals surface area contributed by atoms with E-state index in [0.29, 0.717) is 17.0 Å². The SMILES string of the molecule is COc1ccccc1NC(=O)/C(C#N)=C/c1ccc(OS(=O)(=O)c2cccc([N+](=O)[O-])c2)c(OC)c1. The smallest absolute Gasteiger partial charge is 0.339 e. The van der Waals surface area contributed by atoms with Crippen molar-refractivity contribution >= 4 is 33.5 Å². The average Bonchev–Trinajstić information content (AvgIpc) is 2.88. The van der Waals surface area contributed by atoms with Gasteiger partial charge in [-0.1, -0.05) is 24.3 Å². The van der Waals surface area contributed by atoms with Crippen LogP contribution in [0.25, 0.3) is 6.08 Å². The van der Waals surface area contributed by atoms with E-state index < -0.39 is 31.5 Å². The lowest BCUT2D eigenvalue weighted by atomic mass is 10.1. The highest BCUT2D eigenvalue weighted by atomic mass is 32.2. The maximum Gasteiger partial charge on any atom is 0.339 e. The molecule has 0 unspecified atom stereocenters. The molecule has 1 amide bonds. The van der Waals surface area contributed by atoms with Crippen molar-refractivity contribution < 1.29 is 31.8 Å². The number of ether oxygens (including phenoxy) is 2. The summed E-state index contributed by atoms with van der Waals surface area (Å²) < 4.78 is 40.8. The molecule has 3 aromatic carbocycles. The number of nitriles is 1. The Morgan fingerprint density at radius 2 is 1.72 bits per heavy atom. The molecule has 0 aromatic heterocycles. The van der Waals surface area contributed by atoms with E-state index in [2.05, 4.69) is 5.32 Å². The van der Waals surface area contributed by atoms with E-state index in [4.69, 9.17) is 13.7 Å². The summed E-state index contributed by atoms with van der Waals surface area (Å²) >= 11 is 0. The van der Waals surface area contributed by atoms with Crippen molar-refractivity contribution in [3.05, 3.63) is 88.0 Å². The number of non-ortho nitro benzene ring substituents is 1. The van der Waals surface area contributed by atoms with Gasteiger partial charge in [0.1, 0.15) is 22.3 Å². The van der Waals surface area contributed by atoms with Crippen LogP contribution < -0.4 is 19.0 Å². The standard InChI is InChI=1S/C24H19N3O8S/c1-33-21-9-4-3-8-20(21)26-24(28)17(15-25)12-16-10-11-22(23(13-16)34-2)35-36(31,32)19-7-5-6-18(14-19)27(29)30/h3-14H,1-2H3,(H,26,28)/b17-12+. The first-order chi connectivity index (χ1) is 17.2. The number of rotatable bonds is 9. The van der Waals surface area contributed by atoms with Crippen LogP contribution in [-0.4, -0.2) is 33.5 Å². The second kappa shape index (κ2) is 11.0. The molecule has 3 rings (SSSR count). The van der Waals surface area contributed by atoms with Crippen molar-refractivity contribution in [1.82, 2.24) is 0 Å². The zero-order valence-electron chi connectivity index (χ0n) is 19.0. The van der Waals surface area contributed by atoms with Crippen LogP contribution in [0, 0.1) is 21.4 Å². The molecule has 0 spiro atoms. The number of carbonyl (C=O) groups excluding carboxylic acids is 1. The van der Waals surface area contributed by atoms with Gasteiger partial charge in [0.25, 0.3) is 11.6 Å². The van der Waals surface area contributed by atoms with Crippen molar-refractivity contribution in [2.45, 2.75) is 4.90 Å². The fourth-order valence-corrected chi connectivity index (χ4v) is 4.00. The molecule has 0 saturated heterocycles. The number of anilines is 1. The summed E-state index contributed by atoms with van der Waals surface area (Å²) in [7, 11) is -1.71. The van der Waals surface area contributed by atoms with Gasteiger partial charge in [0.05, 0.1) is 24.8 Å². The lowest BCUT2D eigenvalue weighted by Crippen LogP contribution is -2.14. The zero-order chi connectivity index (χ0) is 26.3. The molecule has 0 aliphatic carbocycles. The van der Waals surface area contributed by atoms with E-state index in [1.54, 1.807) is 24.3 Å². The summed E-state index contributed by atoms with van der Waals surface area (Å²) in [6.45, 7) is 0. The number of methoxy groups -OCH3 is 2. The van der Waals surface area contributed by atoms with E-state index >= 15 is 0 Å². The monoisotopic (exact) mass is 509 g/mol.